The quantitative estimate of drug-likeness (QED) is 0.189. The molecule has 11 rings (SSSR count). The van der Waals surface area contributed by atoms with E-state index in [0.717, 1.165) is 66.7 Å². The highest BCUT2D eigenvalue weighted by Gasteiger charge is 2.19. The van der Waals surface area contributed by atoms with Gasteiger partial charge in [0.15, 0.2) is 0 Å². The smallest absolute Gasteiger partial charge is 0.143 e. The Balaban J connectivity index is 1.05. The van der Waals surface area contributed by atoms with E-state index in [4.69, 9.17) is 8.83 Å². The van der Waals surface area contributed by atoms with Crippen LogP contribution in [0.3, 0.4) is 0 Å². The molecule has 0 atom stereocenters. The van der Waals surface area contributed by atoms with Crippen LogP contribution in [0.5, 0.6) is 0 Å². The summed E-state index contributed by atoms with van der Waals surface area (Å²) < 4.78 is 15.6. The molecule has 0 fully saturated rings. The Labute approximate surface area is 290 Å². The van der Waals surface area contributed by atoms with Crippen LogP contribution in [0.25, 0.3) is 85.9 Å². The first kappa shape index (κ1) is 27.6. The lowest BCUT2D eigenvalue weighted by Gasteiger charge is -2.25. The maximum atomic E-state index is 6.62. The van der Waals surface area contributed by atoms with Gasteiger partial charge in [-0.1, -0.05) is 97.1 Å². The van der Waals surface area contributed by atoms with Crippen LogP contribution in [0.15, 0.2) is 173 Å². The third-order valence-electron chi connectivity index (χ3n) is 10.1. The van der Waals surface area contributed by atoms with Crippen LogP contribution < -0.4 is 4.90 Å². The molecule has 50 heavy (non-hydrogen) atoms. The number of nitrogens with zero attached hydrogens (tertiary/aromatic N) is 1. The Kier molecular flexibility index (Phi) is 5.83. The lowest BCUT2D eigenvalue weighted by Crippen LogP contribution is -2.09. The van der Waals surface area contributed by atoms with E-state index in [1.54, 1.807) is 0 Å². The summed E-state index contributed by atoms with van der Waals surface area (Å²) in [5.41, 5.74) is 8.98. The Hall–Kier alpha value is -6.36. The highest BCUT2D eigenvalue weighted by molar-refractivity contribution is 7.27. The largest absolute Gasteiger partial charge is 0.456 e. The Morgan fingerprint density at radius 3 is 2.06 bits per heavy atom. The molecule has 0 aliphatic carbocycles. The number of hydrogen-bond donors (Lipinski definition) is 0. The van der Waals surface area contributed by atoms with Crippen LogP contribution >= 0.6 is 11.3 Å². The van der Waals surface area contributed by atoms with Crippen LogP contribution in [-0.4, -0.2) is 0 Å². The van der Waals surface area contributed by atoms with Crippen molar-refractivity contribution in [2.24, 2.45) is 0 Å². The number of benzene rings is 8. The summed E-state index contributed by atoms with van der Waals surface area (Å²) in [6, 6.07) is 58.1. The summed E-state index contributed by atoms with van der Waals surface area (Å²) in [5, 5.41) is 9.76. The number of furan rings is 2. The molecule has 3 nitrogen and oxygen atoms in total. The van der Waals surface area contributed by atoms with E-state index in [1.165, 1.54) is 36.3 Å². The molecule has 3 aromatic heterocycles. The molecule has 11 aromatic rings. The normalized spacial score (nSPS) is 12.0. The van der Waals surface area contributed by atoms with E-state index in [2.05, 4.69) is 157 Å². The van der Waals surface area contributed by atoms with Crippen molar-refractivity contribution in [3.8, 4) is 11.1 Å². The molecule has 0 spiro atoms. The van der Waals surface area contributed by atoms with E-state index in [0.29, 0.717) is 0 Å². The van der Waals surface area contributed by atoms with Crippen molar-refractivity contribution >= 4 is 103 Å². The molecule has 0 aliphatic rings. The number of anilines is 3. The summed E-state index contributed by atoms with van der Waals surface area (Å²) in [6.45, 7) is 0. The van der Waals surface area contributed by atoms with Crippen LogP contribution in [0, 0.1) is 0 Å². The second-order valence-corrected chi connectivity index (χ2v) is 13.9. The Morgan fingerprint density at radius 1 is 0.420 bits per heavy atom. The lowest BCUT2D eigenvalue weighted by molar-refractivity contribution is 0.669. The topological polar surface area (TPSA) is 29.5 Å². The molecule has 4 heteroatoms. The van der Waals surface area contributed by atoms with Gasteiger partial charge in [0.25, 0.3) is 0 Å². The summed E-state index contributed by atoms with van der Waals surface area (Å²) >= 11 is 1.85. The average Bonchev–Trinajstić information content (AvgIpc) is 3.87. The second-order valence-electron chi connectivity index (χ2n) is 12.9. The fourth-order valence-corrected chi connectivity index (χ4v) is 9.05. The number of thiophene rings is 1. The standard InChI is InChI=1S/C46H27NO2S/c1-2-10-30(11-3-1)47(31-20-17-29(18-21-31)34-14-8-15-36-35-13-6-7-16-39(35)49-45(34)36)32-22-23-37-41(27-32)48-40-25-24-38-43-33-12-5-4-9-28(33)19-26-42(43)50-46(38)44(37)40/h1-27H. The lowest BCUT2D eigenvalue weighted by atomic mass is 10.0. The summed E-state index contributed by atoms with van der Waals surface area (Å²) in [5.74, 6) is 0. The van der Waals surface area contributed by atoms with Gasteiger partial charge < -0.3 is 13.7 Å². The summed E-state index contributed by atoms with van der Waals surface area (Å²) in [6.07, 6.45) is 0. The van der Waals surface area contributed by atoms with Crippen LogP contribution in [-0.2, 0) is 0 Å². The fourth-order valence-electron chi connectivity index (χ4n) is 7.78. The van der Waals surface area contributed by atoms with Gasteiger partial charge in [-0.3, -0.25) is 0 Å². The van der Waals surface area contributed by atoms with Crippen molar-refractivity contribution in [2.75, 3.05) is 4.90 Å². The molecule has 0 saturated carbocycles. The molecule has 3 heterocycles. The summed E-state index contributed by atoms with van der Waals surface area (Å²) in [4.78, 5) is 2.29. The van der Waals surface area contributed by atoms with Gasteiger partial charge in [-0.15, -0.1) is 11.3 Å². The van der Waals surface area contributed by atoms with Gasteiger partial charge in [-0.2, -0.15) is 0 Å². The van der Waals surface area contributed by atoms with Crippen molar-refractivity contribution in [3.63, 3.8) is 0 Å². The maximum Gasteiger partial charge on any atom is 0.143 e. The van der Waals surface area contributed by atoms with Gasteiger partial charge in [0.05, 0.1) is 0 Å². The minimum atomic E-state index is 0.876. The van der Waals surface area contributed by atoms with Gasteiger partial charge in [-0.25, -0.2) is 0 Å². The van der Waals surface area contributed by atoms with Gasteiger partial charge >= 0.3 is 0 Å². The van der Waals surface area contributed by atoms with Crippen molar-refractivity contribution < 1.29 is 8.83 Å². The third-order valence-corrected chi connectivity index (χ3v) is 11.2. The van der Waals surface area contributed by atoms with E-state index in [1.807, 2.05) is 23.5 Å². The van der Waals surface area contributed by atoms with Gasteiger partial charge in [0.2, 0.25) is 0 Å². The Bertz CT molecular complexity index is 3090. The zero-order chi connectivity index (χ0) is 32.8. The van der Waals surface area contributed by atoms with Gasteiger partial charge in [0.1, 0.15) is 22.3 Å². The molecule has 0 radical (unpaired) electrons. The van der Waals surface area contributed by atoms with E-state index >= 15 is 0 Å². The zero-order valence-electron chi connectivity index (χ0n) is 26.8. The van der Waals surface area contributed by atoms with E-state index in [-0.39, 0.29) is 0 Å². The number of rotatable bonds is 4. The SMILES string of the molecule is c1ccc(N(c2ccc(-c3cccc4c3oc3ccccc34)cc2)c2ccc3c(c2)oc2ccc4c(sc5ccc6ccccc6c54)c23)cc1. The number of fused-ring (bicyclic) bond motifs is 12. The molecule has 234 valence electrons. The molecule has 0 aliphatic heterocycles. The molecule has 8 aromatic carbocycles. The molecular formula is C46H27NO2S. The first-order chi connectivity index (χ1) is 24.8. The molecule has 0 amide bonds. The molecule has 0 N–H and O–H groups in total. The maximum absolute atomic E-state index is 6.62. The van der Waals surface area contributed by atoms with Crippen molar-refractivity contribution in [2.45, 2.75) is 0 Å². The van der Waals surface area contributed by atoms with Crippen molar-refractivity contribution in [3.05, 3.63) is 164 Å². The first-order valence-electron chi connectivity index (χ1n) is 16.8. The molecule has 0 saturated heterocycles. The number of para-hydroxylation sites is 3. The molecule has 0 unspecified atom stereocenters. The molecular weight excluding hydrogens is 631 g/mol. The predicted octanol–water partition coefficient (Wildman–Crippen LogP) is 14.1. The predicted molar refractivity (Wildman–Crippen MR) is 212 cm³/mol. The van der Waals surface area contributed by atoms with E-state index in [9.17, 15) is 0 Å². The van der Waals surface area contributed by atoms with Gasteiger partial charge in [-0.05, 0) is 77.0 Å². The average molecular weight is 658 g/mol. The van der Waals surface area contributed by atoms with E-state index < -0.39 is 0 Å². The fraction of sp³-hybridized carbons (Fsp3) is 0. The van der Waals surface area contributed by atoms with Crippen molar-refractivity contribution in [1.29, 1.82) is 0 Å². The number of hydrogen-bond acceptors (Lipinski definition) is 4. The van der Waals surface area contributed by atoms with Crippen LogP contribution in [0.2, 0.25) is 0 Å². The van der Waals surface area contributed by atoms with Gasteiger partial charge in [0, 0.05) is 70.4 Å². The minimum absolute atomic E-state index is 0.876. The minimum Gasteiger partial charge on any atom is -0.456 e. The monoisotopic (exact) mass is 657 g/mol. The van der Waals surface area contributed by atoms with Crippen LogP contribution in [0.4, 0.5) is 17.1 Å². The third kappa shape index (κ3) is 4.03. The Morgan fingerprint density at radius 2 is 1.16 bits per heavy atom. The second kappa shape index (κ2) is 10.6. The van der Waals surface area contributed by atoms with Crippen molar-refractivity contribution in [1.82, 2.24) is 0 Å². The highest BCUT2D eigenvalue weighted by atomic mass is 32.1. The summed E-state index contributed by atoms with van der Waals surface area (Å²) in [7, 11) is 0. The highest BCUT2D eigenvalue weighted by Crippen LogP contribution is 2.46. The first-order valence-corrected chi connectivity index (χ1v) is 17.7. The van der Waals surface area contributed by atoms with Crippen LogP contribution in [0.1, 0.15) is 0 Å². The zero-order valence-corrected chi connectivity index (χ0v) is 27.6. The molecule has 0 bridgehead atoms.